The number of aromatic nitrogens is 2. The van der Waals surface area contributed by atoms with E-state index in [4.69, 9.17) is 4.42 Å². The Balaban J connectivity index is 1.53. The maximum atomic E-state index is 13.5. The highest BCUT2D eigenvalue weighted by molar-refractivity contribution is 7.92. The second-order valence-electron chi connectivity index (χ2n) is 10.3. The van der Waals surface area contributed by atoms with Gasteiger partial charge in [0.25, 0.3) is 10.0 Å². The van der Waals surface area contributed by atoms with Crippen molar-refractivity contribution in [2.24, 2.45) is 19.5 Å². The van der Waals surface area contributed by atoms with Gasteiger partial charge in [0.05, 0.1) is 27.2 Å². The molecule has 1 N–H and O–H groups in total. The van der Waals surface area contributed by atoms with Crippen molar-refractivity contribution in [1.82, 2.24) is 9.13 Å². The minimum Gasteiger partial charge on any atom is -0.460 e. The van der Waals surface area contributed by atoms with E-state index in [9.17, 15) is 18.0 Å². The third kappa shape index (κ3) is 3.22. The molecule has 2 aromatic heterocycles. The summed E-state index contributed by atoms with van der Waals surface area (Å²) >= 11 is 0. The molecule has 0 radical (unpaired) electrons. The number of carbonyl (C=O) groups excluding carboxylic acids is 1. The lowest BCUT2D eigenvalue weighted by atomic mass is 9.76. The number of aryl methyl sites for hydroxylation is 2. The lowest BCUT2D eigenvalue weighted by molar-refractivity contribution is 0.0906. The fraction of sp³-hybridized carbons (Fsp3) is 0.259. The molecule has 3 aromatic carbocycles. The Morgan fingerprint density at radius 1 is 0.889 bits per heavy atom. The van der Waals surface area contributed by atoms with Gasteiger partial charge >= 0.3 is 5.69 Å². The van der Waals surface area contributed by atoms with Gasteiger partial charge in [-0.2, -0.15) is 0 Å². The van der Waals surface area contributed by atoms with Crippen molar-refractivity contribution in [2.75, 3.05) is 4.72 Å². The Hall–Kier alpha value is -3.85. The number of ketones is 1. The predicted octanol–water partition coefficient (Wildman–Crippen LogP) is 4.73. The number of hydrogen-bond acceptors (Lipinski definition) is 5. The highest BCUT2D eigenvalue weighted by atomic mass is 32.2. The number of nitrogens with zero attached hydrogens (tertiary/aromatic N) is 2. The first kappa shape index (κ1) is 22.6. The number of anilines is 1. The molecule has 0 unspecified atom stereocenters. The Bertz CT molecular complexity index is 1920. The lowest BCUT2D eigenvalue weighted by Crippen LogP contribution is -2.25. The van der Waals surface area contributed by atoms with Crippen molar-refractivity contribution in [3.63, 3.8) is 0 Å². The van der Waals surface area contributed by atoms with Crippen LogP contribution >= 0.6 is 0 Å². The van der Waals surface area contributed by atoms with E-state index in [2.05, 4.69) is 4.72 Å². The molecule has 2 heterocycles. The molecule has 0 amide bonds. The summed E-state index contributed by atoms with van der Waals surface area (Å²) in [6, 6.07) is 13.7. The molecular weight excluding hydrogens is 478 g/mol. The smallest absolute Gasteiger partial charge is 0.328 e. The van der Waals surface area contributed by atoms with Gasteiger partial charge in [-0.05, 0) is 29.7 Å². The Morgan fingerprint density at radius 2 is 1.58 bits per heavy atom. The highest BCUT2D eigenvalue weighted by Gasteiger charge is 2.36. The number of fused-ring (bicyclic) bond motifs is 6. The first-order valence-corrected chi connectivity index (χ1v) is 13.1. The van der Waals surface area contributed by atoms with Crippen LogP contribution in [0, 0.1) is 5.41 Å². The molecule has 0 saturated heterocycles. The highest BCUT2D eigenvalue weighted by Crippen LogP contribution is 2.43. The number of sulfonamides is 1. The van der Waals surface area contributed by atoms with Gasteiger partial charge in [-0.3, -0.25) is 18.7 Å². The Labute approximate surface area is 207 Å². The van der Waals surface area contributed by atoms with Crippen LogP contribution in [-0.4, -0.2) is 23.3 Å². The molecule has 9 heteroatoms. The van der Waals surface area contributed by atoms with Crippen LogP contribution in [0.5, 0.6) is 0 Å². The fourth-order valence-electron chi connectivity index (χ4n) is 5.36. The Morgan fingerprint density at radius 3 is 2.33 bits per heavy atom. The number of imidazole rings is 1. The van der Waals surface area contributed by atoms with Gasteiger partial charge in [-0.1, -0.05) is 38.1 Å². The molecule has 184 valence electrons. The summed E-state index contributed by atoms with van der Waals surface area (Å²) < 4.78 is 38.9. The molecule has 1 aliphatic rings. The normalized spacial score (nSPS) is 15.6. The number of Topliss-reactive ketones (excluding diaryl/α,β-unsaturated/α-hetero) is 1. The summed E-state index contributed by atoms with van der Waals surface area (Å²) in [6.07, 6.45) is 1.03. The van der Waals surface area contributed by atoms with E-state index in [1.165, 1.54) is 21.3 Å². The van der Waals surface area contributed by atoms with Gasteiger partial charge in [-0.25, -0.2) is 13.2 Å². The molecule has 5 aromatic rings. The van der Waals surface area contributed by atoms with Gasteiger partial charge in [-0.15, -0.1) is 0 Å². The van der Waals surface area contributed by atoms with Gasteiger partial charge in [0, 0.05) is 43.1 Å². The minimum absolute atomic E-state index is 0.000431. The third-order valence-electron chi connectivity index (χ3n) is 7.12. The number of furan rings is 1. The minimum atomic E-state index is -4.01. The molecule has 0 aliphatic heterocycles. The van der Waals surface area contributed by atoms with Gasteiger partial charge < -0.3 is 4.42 Å². The summed E-state index contributed by atoms with van der Waals surface area (Å²) in [4.78, 5) is 25.4. The topological polar surface area (TPSA) is 103 Å². The fourth-order valence-corrected chi connectivity index (χ4v) is 6.45. The Kier molecular flexibility index (Phi) is 4.60. The van der Waals surface area contributed by atoms with E-state index >= 15 is 0 Å². The molecule has 6 rings (SSSR count). The van der Waals surface area contributed by atoms with E-state index in [0.717, 1.165) is 5.39 Å². The predicted molar refractivity (Wildman–Crippen MR) is 139 cm³/mol. The van der Waals surface area contributed by atoms with E-state index in [-0.39, 0.29) is 21.8 Å². The average molecular weight is 504 g/mol. The van der Waals surface area contributed by atoms with Crippen molar-refractivity contribution >= 4 is 54.3 Å². The SMILES string of the molecule is Cn1c(=O)n(C)c2cc(S(=O)(=O)Nc3cc4c5c(oc4c4ccccc34)CC(C)(C)CC5=O)ccc21. The molecule has 8 nitrogen and oxygen atoms in total. The van der Waals surface area contributed by atoms with Crippen LogP contribution < -0.4 is 10.4 Å². The van der Waals surface area contributed by atoms with Crippen LogP contribution in [0.25, 0.3) is 32.8 Å². The number of hydrogen-bond donors (Lipinski definition) is 1. The number of benzene rings is 3. The van der Waals surface area contributed by atoms with Crippen LogP contribution in [0.3, 0.4) is 0 Å². The van der Waals surface area contributed by atoms with Crippen molar-refractivity contribution in [1.29, 1.82) is 0 Å². The molecule has 36 heavy (non-hydrogen) atoms. The van der Waals surface area contributed by atoms with Gasteiger partial charge in [0.2, 0.25) is 0 Å². The quantitative estimate of drug-likeness (QED) is 0.383. The summed E-state index contributed by atoms with van der Waals surface area (Å²) in [5, 5.41) is 2.01. The summed E-state index contributed by atoms with van der Waals surface area (Å²) in [5.41, 5.74) is 2.21. The number of nitrogens with one attached hydrogen (secondary N) is 1. The standard InChI is InChI=1S/C27H25N3O5S/c1-27(2)13-22(31)24-18-12-19(16-7-5-6-8-17(16)25(18)35-23(24)14-27)28-36(33,34)15-9-10-20-21(11-15)30(4)26(32)29(20)3/h5-12,28H,13-14H2,1-4H3. The van der Waals surface area contributed by atoms with Crippen LogP contribution in [-0.2, 0) is 30.5 Å². The van der Waals surface area contributed by atoms with Crippen LogP contribution in [0.2, 0.25) is 0 Å². The second-order valence-corrected chi connectivity index (χ2v) is 12.0. The maximum Gasteiger partial charge on any atom is 0.328 e. The van der Waals surface area contributed by atoms with E-state index < -0.39 is 10.0 Å². The molecule has 0 spiro atoms. The average Bonchev–Trinajstić information content (AvgIpc) is 3.28. The largest absolute Gasteiger partial charge is 0.460 e. The summed E-state index contributed by atoms with van der Waals surface area (Å²) in [5.74, 6) is 0.645. The van der Waals surface area contributed by atoms with Crippen molar-refractivity contribution in [3.05, 3.63) is 70.3 Å². The molecule has 0 atom stereocenters. The molecular formula is C27H25N3O5S. The molecule has 1 aliphatic carbocycles. The zero-order valence-electron chi connectivity index (χ0n) is 20.4. The zero-order chi connectivity index (χ0) is 25.6. The zero-order valence-corrected chi connectivity index (χ0v) is 21.2. The third-order valence-corrected chi connectivity index (χ3v) is 8.49. The van der Waals surface area contributed by atoms with Crippen molar-refractivity contribution < 1.29 is 17.6 Å². The lowest BCUT2D eigenvalue weighted by Gasteiger charge is -2.27. The van der Waals surface area contributed by atoms with Crippen molar-refractivity contribution in [2.45, 2.75) is 31.6 Å². The maximum absolute atomic E-state index is 13.5. The molecule has 0 bridgehead atoms. The first-order valence-electron chi connectivity index (χ1n) is 11.7. The first-order chi connectivity index (χ1) is 17.0. The van der Waals surface area contributed by atoms with Crippen molar-refractivity contribution in [3.8, 4) is 0 Å². The van der Waals surface area contributed by atoms with E-state index in [1.54, 1.807) is 26.2 Å². The number of rotatable bonds is 3. The van der Waals surface area contributed by atoms with Crippen LogP contribution in [0.1, 0.15) is 36.4 Å². The van der Waals surface area contributed by atoms with Gasteiger partial charge in [0.1, 0.15) is 11.3 Å². The van der Waals surface area contributed by atoms with Gasteiger partial charge in [0.15, 0.2) is 5.78 Å². The molecule has 0 fully saturated rings. The van der Waals surface area contributed by atoms with E-state index in [1.807, 2.05) is 38.1 Å². The summed E-state index contributed by atoms with van der Waals surface area (Å²) in [7, 11) is -0.759. The van der Waals surface area contributed by atoms with Crippen LogP contribution in [0.4, 0.5) is 5.69 Å². The molecule has 0 saturated carbocycles. The van der Waals surface area contributed by atoms with E-state index in [0.29, 0.717) is 57.2 Å². The summed E-state index contributed by atoms with van der Waals surface area (Å²) in [6.45, 7) is 4.08. The number of carbonyl (C=O) groups is 1. The van der Waals surface area contributed by atoms with Crippen LogP contribution in [0.15, 0.2) is 62.6 Å². The monoisotopic (exact) mass is 503 g/mol. The second kappa shape index (κ2) is 7.33.